The summed E-state index contributed by atoms with van der Waals surface area (Å²) in [5.74, 6) is 0. The van der Waals surface area contributed by atoms with Gasteiger partial charge >= 0.3 is 0 Å². The molecule has 0 spiro atoms. The lowest BCUT2D eigenvalue weighted by atomic mass is 10.2. The van der Waals surface area contributed by atoms with Crippen LogP contribution in [0.5, 0.6) is 0 Å². The molecule has 0 saturated heterocycles. The lowest BCUT2D eigenvalue weighted by Crippen LogP contribution is -1.88. The fourth-order valence-electron chi connectivity index (χ4n) is 2.77. The summed E-state index contributed by atoms with van der Waals surface area (Å²) in [6.07, 6.45) is 1.66. The van der Waals surface area contributed by atoms with Crippen LogP contribution >= 0.6 is 0 Å². The molecule has 3 aromatic heterocycles. The van der Waals surface area contributed by atoms with Gasteiger partial charge in [0.05, 0.1) is 11.0 Å². The Labute approximate surface area is 124 Å². The molecule has 5 heteroatoms. The first kappa shape index (κ1) is 11.4. The molecule has 102 valence electrons. The smallest absolute Gasteiger partial charge is 0.180 e. The van der Waals surface area contributed by atoms with Crippen molar-refractivity contribution in [2.75, 3.05) is 0 Å². The van der Waals surface area contributed by atoms with Gasteiger partial charge in [-0.2, -0.15) is 5.10 Å². The molecule has 0 saturated carbocycles. The van der Waals surface area contributed by atoms with Crippen molar-refractivity contribution in [2.45, 2.75) is 0 Å². The van der Waals surface area contributed by atoms with Gasteiger partial charge in [0.15, 0.2) is 5.65 Å². The summed E-state index contributed by atoms with van der Waals surface area (Å²) >= 11 is 0. The van der Waals surface area contributed by atoms with Gasteiger partial charge in [-0.1, -0.05) is 30.3 Å². The predicted molar refractivity (Wildman–Crippen MR) is 85.4 cm³/mol. The highest BCUT2D eigenvalue weighted by atomic mass is 15.1. The van der Waals surface area contributed by atoms with Crippen LogP contribution in [0.4, 0.5) is 0 Å². The summed E-state index contributed by atoms with van der Waals surface area (Å²) in [5.41, 5.74) is 4.66. The third kappa shape index (κ3) is 1.50. The second-order valence-electron chi connectivity index (χ2n) is 5.12. The zero-order valence-corrected chi connectivity index (χ0v) is 11.4. The molecule has 0 amide bonds. The maximum absolute atomic E-state index is 4.74. The summed E-state index contributed by atoms with van der Waals surface area (Å²) in [6.45, 7) is 0. The molecule has 0 unspecified atom stereocenters. The fourth-order valence-corrected chi connectivity index (χ4v) is 2.77. The van der Waals surface area contributed by atoms with Crippen LogP contribution in [-0.4, -0.2) is 25.1 Å². The molecule has 0 bridgehead atoms. The first-order valence-corrected chi connectivity index (χ1v) is 6.97. The third-order valence-electron chi connectivity index (χ3n) is 3.79. The first-order valence-electron chi connectivity index (χ1n) is 6.97. The minimum atomic E-state index is 0.648. The van der Waals surface area contributed by atoms with Gasteiger partial charge in [0.1, 0.15) is 16.6 Å². The molecular formula is C17H9N5. The monoisotopic (exact) mass is 283 g/mol. The number of aromatic nitrogens is 5. The molecule has 5 aromatic rings. The first-order chi connectivity index (χ1) is 10.9. The van der Waals surface area contributed by atoms with Crippen molar-refractivity contribution in [3.63, 3.8) is 0 Å². The van der Waals surface area contributed by atoms with Gasteiger partial charge in [-0.05, 0) is 18.2 Å². The van der Waals surface area contributed by atoms with Gasteiger partial charge in [-0.25, -0.2) is 15.0 Å². The number of nitrogens with zero attached hydrogens (tertiary/aromatic N) is 5. The van der Waals surface area contributed by atoms with Crippen molar-refractivity contribution in [3.8, 4) is 0 Å². The van der Waals surface area contributed by atoms with Crippen LogP contribution < -0.4 is 0 Å². The molecule has 22 heavy (non-hydrogen) atoms. The Balaban J connectivity index is 2.03. The van der Waals surface area contributed by atoms with E-state index < -0.39 is 0 Å². The average Bonchev–Trinajstić information content (AvgIpc) is 2.74. The molecule has 0 radical (unpaired) electrons. The van der Waals surface area contributed by atoms with Crippen LogP contribution in [0.25, 0.3) is 44.0 Å². The number of fused-ring (bicyclic) bond motifs is 6. The van der Waals surface area contributed by atoms with Crippen molar-refractivity contribution in [1.29, 1.82) is 0 Å². The van der Waals surface area contributed by atoms with E-state index in [-0.39, 0.29) is 0 Å². The van der Waals surface area contributed by atoms with Crippen molar-refractivity contribution < 1.29 is 0 Å². The molecule has 5 nitrogen and oxygen atoms in total. The standard InChI is InChI=1S/C17H9N5/c1-2-6-12-11(5-1)15-17(20-12)21-16-13(19-15)8-7-10-4-3-9-18-22-14(10)16/h1-9H. The topological polar surface area (TPSA) is 64.5 Å². The molecule has 0 N–H and O–H groups in total. The van der Waals surface area contributed by atoms with Crippen molar-refractivity contribution in [2.24, 2.45) is 0 Å². The maximum Gasteiger partial charge on any atom is 0.180 e. The number of hydrogen-bond acceptors (Lipinski definition) is 5. The predicted octanol–water partition coefficient (Wildman–Crippen LogP) is 3.27. The highest BCUT2D eigenvalue weighted by molar-refractivity contribution is 6.09. The van der Waals surface area contributed by atoms with Gasteiger partial charge in [0.2, 0.25) is 0 Å². The molecule has 0 atom stereocenters. The summed E-state index contributed by atoms with van der Waals surface area (Å²) in [6, 6.07) is 15.7. The Bertz CT molecular complexity index is 1180. The molecular weight excluding hydrogens is 274 g/mol. The highest BCUT2D eigenvalue weighted by Gasteiger charge is 2.11. The van der Waals surface area contributed by atoms with E-state index in [1.807, 2.05) is 48.5 Å². The second kappa shape index (κ2) is 4.14. The SMILES string of the molecule is c1cnnc2c(c1)ccc1nc3c(nc4ccccc43)nc12. The molecule has 2 aromatic carbocycles. The molecule has 0 aliphatic heterocycles. The van der Waals surface area contributed by atoms with Crippen LogP contribution in [0.15, 0.2) is 54.7 Å². The van der Waals surface area contributed by atoms with E-state index in [1.54, 1.807) is 6.20 Å². The Morgan fingerprint density at radius 2 is 1.59 bits per heavy atom. The van der Waals surface area contributed by atoms with Gasteiger partial charge in [-0.3, -0.25) is 0 Å². The Morgan fingerprint density at radius 3 is 2.59 bits per heavy atom. The third-order valence-corrected chi connectivity index (χ3v) is 3.79. The van der Waals surface area contributed by atoms with Crippen LogP contribution in [0.1, 0.15) is 0 Å². The minimum absolute atomic E-state index is 0.648. The van der Waals surface area contributed by atoms with E-state index in [0.717, 1.165) is 38.4 Å². The van der Waals surface area contributed by atoms with Crippen LogP contribution in [0.3, 0.4) is 0 Å². The lowest BCUT2D eigenvalue weighted by molar-refractivity contribution is 1.09. The Hall–Kier alpha value is -3.21. The van der Waals surface area contributed by atoms with E-state index in [0.29, 0.717) is 5.65 Å². The molecule has 5 rings (SSSR count). The molecule has 0 aliphatic carbocycles. The van der Waals surface area contributed by atoms with Gasteiger partial charge in [0, 0.05) is 17.0 Å². The van der Waals surface area contributed by atoms with Crippen LogP contribution in [-0.2, 0) is 0 Å². The quantitative estimate of drug-likeness (QED) is 0.436. The Morgan fingerprint density at radius 1 is 0.636 bits per heavy atom. The lowest BCUT2D eigenvalue weighted by Gasteiger charge is -1.99. The van der Waals surface area contributed by atoms with E-state index in [2.05, 4.69) is 15.2 Å². The highest BCUT2D eigenvalue weighted by Crippen LogP contribution is 2.26. The number of hydrogen-bond donors (Lipinski definition) is 0. The van der Waals surface area contributed by atoms with Gasteiger partial charge in [0.25, 0.3) is 0 Å². The molecule has 0 aliphatic rings. The van der Waals surface area contributed by atoms with Gasteiger partial charge in [-0.15, -0.1) is 5.10 Å². The Kier molecular flexibility index (Phi) is 2.16. The summed E-state index contributed by atoms with van der Waals surface area (Å²) < 4.78 is 0. The van der Waals surface area contributed by atoms with E-state index in [4.69, 9.17) is 9.97 Å². The van der Waals surface area contributed by atoms with Crippen molar-refractivity contribution in [3.05, 3.63) is 54.7 Å². The van der Waals surface area contributed by atoms with E-state index in [1.165, 1.54) is 0 Å². The normalized spacial score (nSPS) is 11.6. The largest absolute Gasteiger partial charge is 0.242 e. The molecule has 0 fully saturated rings. The van der Waals surface area contributed by atoms with E-state index >= 15 is 0 Å². The maximum atomic E-state index is 4.74. The summed E-state index contributed by atoms with van der Waals surface area (Å²) in [7, 11) is 0. The number of para-hydroxylation sites is 1. The fraction of sp³-hybridized carbons (Fsp3) is 0. The van der Waals surface area contributed by atoms with Crippen molar-refractivity contribution >= 4 is 44.0 Å². The number of rotatable bonds is 0. The zero-order chi connectivity index (χ0) is 14.5. The molecule has 3 heterocycles. The van der Waals surface area contributed by atoms with Gasteiger partial charge < -0.3 is 0 Å². The van der Waals surface area contributed by atoms with Crippen molar-refractivity contribution in [1.82, 2.24) is 25.1 Å². The summed E-state index contributed by atoms with van der Waals surface area (Å²) in [4.78, 5) is 14.0. The second-order valence-corrected chi connectivity index (χ2v) is 5.12. The number of benzene rings is 2. The van der Waals surface area contributed by atoms with Crippen LogP contribution in [0.2, 0.25) is 0 Å². The van der Waals surface area contributed by atoms with Crippen LogP contribution in [0, 0.1) is 0 Å². The average molecular weight is 283 g/mol. The summed E-state index contributed by atoms with van der Waals surface area (Å²) in [5, 5.41) is 10.3. The minimum Gasteiger partial charge on any atom is -0.242 e. The van der Waals surface area contributed by atoms with E-state index in [9.17, 15) is 0 Å². The zero-order valence-electron chi connectivity index (χ0n) is 11.4.